The number of nitrogens with zero attached hydrogens (tertiary/aromatic N) is 3. The summed E-state index contributed by atoms with van der Waals surface area (Å²) in [6, 6.07) is 3.61. The number of hydrogen-bond donors (Lipinski definition) is 0. The first kappa shape index (κ1) is 17.3. The minimum atomic E-state index is 0.149. The molecule has 26 heavy (non-hydrogen) atoms. The van der Waals surface area contributed by atoms with Gasteiger partial charge in [-0.05, 0) is 43.7 Å². The second kappa shape index (κ2) is 7.64. The summed E-state index contributed by atoms with van der Waals surface area (Å²) >= 11 is 0. The minimum Gasteiger partial charge on any atom is -0.461 e. The number of hydrogen-bond acceptors (Lipinski definition) is 5. The second-order valence-electron chi connectivity index (χ2n) is 7.73. The van der Waals surface area contributed by atoms with Crippen molar-refractivity contribution in [3.63, 3.8) is 0 Å². The van der Waals surface area contributed by atoms with Crippen molar-refractivity contribution < 1.29 is 13.7 Å². The van der Waals surface area contributed by atoms with E-state index in [1.807, 2.05) is 11.0 Å². The van der Waals surface area contributed by atoms with Gasteiger partial charge in [-0.15, -0.1) is 0 Å². The molecule has 1 aliphatic carbocycles. The van der Waals surface area contributed by atoms with Crippen molar-refractivity contribution in [2.75, 3.05) is 13.1 Å². The fraction of sp³-hybridized carbons (Fsp3) is 0.650. The number of rotatable bonds is 6. The van der Waals surface area contributed by atoms with Crippen LogP contribution in [0.15, 0.2) is 27.3 Å². The fourth-order valence-electron chi connectivity index (χ4n) is 4.17. The van der Waals surface area contributed by atoms with Crippen LogP contribution in [0.2, 0.25) is 0 Å². The van der Waals surface area contributed by atoms with Gasteiger partial charge in [-0.25, -0.2) is 0 Å². The van der Waals surface area contributed by atoms with E-state index in [2.05, 4.69) is 17.1 Å². The molecule has 1 aliphatic heterocycles. The molecule has 0 atom stereocenters. The van der Waals surface area contributed by atoms with Gasteiger partial charge in [0.2, 0.25) is 17.6 Å². The highest BCUT2D eigenvalue weighted by atomic mass is 16.5. The molecule has 0 spiro atoms. The average Bonchev–Trinajstić information content (AvgIpc) is 3.30. The van der Waals surface area contributed by atoms with Crippen molar-refractivity contribution >= 4 is 5.91 Å². The molecule has 0 unspecified atom stereocenters. The van der Waals surface area contributed by atoms with Gasteiger partial charge in [0, 0.05) is 19.0 Å². The SMILES string of the molecule is CCCCC1CCC(C(=O)N2CC(c3nc(-c4ccco4)no3)C2)CC1. The largest absolute Gasteiger partial charge is 0.461 e. The molecule has 0 radical (unpaired) electrons. The second-order valence-corrected chi connectivity index (χ2v) is 7.73. The highest BCUT2D eigenvalue weighted by molar-refractivity contribution is 5.80. The smallest absolute Gasteiger partial charge is 0.238 e. The maximum absolute atomic E-state index is 12.7. The molecule has 0 bridgehead atoms. The van der Waals surface area contributed by atoms with Crippen LogP contribution in [0, 0.1) is 11.8 Å². The van der Waals surface area contributed by atoms with Gasteiger partial charge in [0.05, 0.1) is 12.2 Å². The molecular formula is C20H27N3O3. The Labute approximate surface area is 153 Å². The Morgan fingerprint density at radius 3 is 2.77 bits per heavy atom. The van der Waals surface area contributed by atoms with E-state index in [1.165, 1.54) is 32.1 Å². The highest BCUT2D eigenvalue weighted by Gasteiger charge is 2.39. The topological polar surface area (TPSA) is 72.4 Å². The third kappa shape index (κ3) is 3.55. The quantitative estimate of drug-likeness (QED) is 0.773. The Kier molecular flexibility index (Phi) is 5.09. The minimum absolute atomic E-state index is 0.149. The summed E-state index contributed by atoms with van der Waals surface area (Å²) in [5, 5.41) is 3.97. The Morgan fingerprint density at radius 2 is 2.08 bits per heavy atom. The third-order valence-corrected chi connectivity index (χ3v) is 5.89. The van der Waals surface area contributed by atoms with Crippen LogP contribution in [0.1, 0.15) is 63.7 Å². The van der Waals surface area contributed by atoms with Crippen LogP contribution in [0.25, 0.3) is 11.6 Å². The molecule has 2 fully saturated rings. The molecule has 4 rings (SSSR count). The normalized spacial score (nSPS) is 23.8. The van der Waals surface area contributed by atoms with E-state index in [1.54, 1.807) is 12.3 Å². The predicted octanol–water partition coefficient (Wildman–Crippen LogP) is 4.25. The first-order valence-electron chi connectivity index (χ1n) is 9.91. The Morgan fingerprint density at radius 1 is 1.27 bits per heavy atom. The summed E-state index contributed by atoms with van der Waals surface area (Å²) in [6.45, 7) is 3.62. The Bertz CT molecular complexity index is 711. The van der Waals surface area contributed by atoms with E-state index in [4.69, 9.17) is 8.94 Å². The van der Waals surface area contributed by atoms with E-state index >= 15 is 0 Å². The first-order valence-corrected chi connectivity index (χ1v) is 9.91. The lowest BCUT2D eigenvalue weighted by atomic mass is 9.78. The summed E-state index contributed by atoms with van der Waals surface area (Å²) in [7, 11) is 0. The molecule has 0 aromatic carbocycles. The van der Waals surface area contributed by atoms with Crippen LogP contribution >= 0.6 is 0 Å². The number of carbonyl (C=O) groups excluding carboxylic acids is 1. The van der Waals surface area contributed by atoms with Gasteiger partial charge < -0.3 is 13.8 Å². The maximum Gasteiger partial charge on any atom is 0.238 e. The van der Waals surface area contributed by atoms with E-state index in [-0.39, 0.29) is 11.8 Å². The van der Waals surface area contributed by atoms with E-state index in [9.17, 15) is 4.79 Å². The molecule has 2 aromatic heterocycles. The molecule has 0 N–H and O–H groups in total. The van der Waals surface area contributed by atoms with Crippen molar-refractivity contribution in [3.05, 3.63) is 24.3 Å². The van der Waals surface area contributed by atoms with Gasteiger partial charge in [0.15, 0.2) is 5.76 Å². The molecule has 1 saturated heterocycles. The molecule has 140 valence electrons. The Balaban J connectivity index is 1.25. The maximum atomic E-state index is 12.7. The van der Waals surface area contributed by atoms with Crippen molar-refractivity contribution in [2.24, 2.45) is 11.8 Å². The van der Waals surface area contributed by atoms with Gasteiger partial charge in [0.25, 0.3) is 0 Å². The molecular weight excluding hydrogens is 330 g/mol. The molecule has 3 heterocycles. The van der Waals surface area contributed by atoms with E-state index < -0.39 is 0 Å². The summed E-state index contributed by atoms with van der Waals surface area (Å²) in [6.07, 6.45) is 10.0. The molecule has 2 aromatic rings. The van der Waals surface area contributed by atoms with Gasteiger partial charge >= 0.3 is 0 Å². The summed E-state index contributed by atoms with van der Waals surface area (Å²) in [5.41, 5.74) is 0. The summed E-state index contributed by atoms with van der Waals surface area (Å²) < 4.78 is 10.6. The fourth-order valence-corrected chi connectivity index (χ4v) is 4.17. The van der Waals surface area contributed by atoms with Crippen LogP contribution in [0.4, 0.5) is 0 Å². The monoisotopic (exact) mass is 357 g/mol. The summed E-state index contributed by atoms with van der Waals surface area (Å²) in [5.74, 6) is 3.20. The lowest BCUT2D eigenvalue weighted by molar-refractivity contribution is -0.141. The molecule has 6 heteroatoms. The van der Waals surface area contributed by atoms with E-state index in [0.29, 0.717) is 36.5 Å². The van der Waals surface area contributed by atoms with Gasteiger partial charge in [-0.2, -0.15) is 4.98 Å². The van der Waals surface area contributed by atoms with Crippen LogP contribution in [0.5, 0.6) is 0 Å². The molecule has 6 nitrogen and oxygen atoms in total. The zero-order valence-electron chi connectivity index (χ0n) is 15.4. The molecule has 1 amide bonds. The average molecular weight is 357 g/mol. The van der Waals surface area contributed by atoms with Crippen LogP contribution in [0.3, 0.4) is 0 Å². The number of furan rings is 1. The van der Waals surface area contributed by atoms with Crippen LogP contribution in [-0.2, 0) is 4.79 Å². The predicted molar refractivity (Wildman–Crippen MR) is 96.3 cm³/mol. The summed E-state index contributed by atoms with van der Waals surface area (Å²) in [4.78, 5) is 19.1. The molecule has 1 saturated carbocycles. The molecule has 2 aliphatic rings. The number of amides is 1. The van der Waals surface area contributed by atoms with Gasteiger partial charge in [-0.3, -0.25) is 4.79 Å². The van der Waals surface area contributed by atoms with Gasteiger partial charge in [-0.1, -0.05) is 31.3 Å². The van der Waals surface area contributed by atoms with Gasteiger partial charge in [0.1, 0.15) is 0 Å². The van der Waals surface area contributed by atoms with Crippen molar-refractivity contribution in [2.45, 2.75) is 57.8 Å². The van der Waals surface area contributed by atoms with Crippen molar-refractivity contribution in [1.29, 1.82) is 0 Å². The standard InChI is InChI=1S/C20H27N3O3/c1-2-3-5-14-7-9-15(10-8-14)20(24)23-12-16(13-23)19-21-18(22-26-19)17-6-4-11-25-17/h4,6,11,14-16H,2-3,5,7-10,12-13H2,1H3. The highest BCUT2D eigenvalue weighted by Crippen LogP contribution is 2.35. The van der Waals surface area contributed by atoms with Crippen LogP contribution in [-0.4, -0.2) is 34.0 Å². The zero-order chi connectivity index (χ0) is 17.9. The number of unbranched alkanes of at least 4 members (excludes halogenated alkanes) is 1. The van der Waals surface area contributed by atoms with Crippen molar-refractivity contribution in [1.82, 2.24) is 15.0 Å². The number of aromatic nitrogens is 2. The van der Waals surface area contributed by atoms with Crippen LogP contribution < -0.4 is 0 Å². The van der Waals surface area contributed by atoms with E-state index in [0.717, 1.165) is 18.8 Å². The van der Waals surface area contributed by atoms with Crippen molar-refractivity contribution in [3.8, 4) is 11.6 Å². The number of carbonyl (C=O) groups is 1. The Hall–Kier alpha value is -2.11. The lowest BCUT2D eigenvalue weighted by Crippen LogP contribution is -2.51. The number of likely N-dealkylation sites (tertiary alicyclic amines) is 1. The third-order valence-electron chi connectivity index (χ3n) is 5.89. The lowest BCUT2D eigenvalue weighted by Gasteiger charge is -2.40. The zero-order valence-corrected chi connectivity index (χ0v) is 15.4. The first-order chi connectivity index (χ1) is 12.7.